The van der Waals surface area contributed by atoms with Crippen LogP contribution in [-0.2, 0) is 20.9 Å². The van der Waals surface area contributed by atoms with Gasteiger partial charge in [0.25, 0.3) is 0 Å². The summed E-state index contributed by atoms with van der Waals surface area (Å²) in [6.45, 7) is 0.499. The lowest BCUT2D eigenvalue weighted by atomic mass is 9.90. The predicted octanol–water partition coefficient (Wildman–Crippen LogP) is 1.18. The van der Waals surface area contributed by atoms with E-state index in [4.69, 9.17) is 4.74 Å². The molecule has 2 amide bonds. The smallest absolute Gasteiger partial charge is 0.337 e. The Hall–Kier alpha value is -3.03. The molecule has 7 heteroatoms. The molecule has 2 aliphatic heterocycles. The quantitative estimate of drug-likeness (QED) is 0.625. The van der Waals surface area contributed by atoms with Gasteiger partial charge in [0, 0.05) is 6.54 Å². The van der Waals surface area contributed by atoms with Gasteiger partial charge in [-0.05, 0) is 23.3 Å². The average molecular weight is 365 g/mol. The first kappa shape index (κ1) is 17.4. The van der Waals surface area contributed by atoms with Crippen LogP contribution in [0.15, 0.2) is 54.6 Å². The molecule has 3 atom stereocenters. The van der Waals surface area contributed by atoms with E-state index in [1.54, 1.807) is 24.3 Å². The molecule has 138 valence electrons. The van der Waals surface area contributed by atoms with Crippen molar-refractivity contribution in [1.82, 2.24) is 15.8 Å². The van der Waals surface area contributed by atoms with Crippen LogP contribution in [0, 0.1) is 5.92 Å². The molecule has 2 aromatic carbocycles. The minimum Gasteiger partial charge on any atom is -0.465 e. The Labute approximate surface area is 156 Å². The first-order valence-electron chi connectivity index (χ1n) is 8.68. The molecule has 0 unspecified atom stereocenters. The van der Waals surface area contributed by atoms with Gasteiger partial charge in [0.1, 0.15) is 6.04 Å². The Morgan fingerprint density at radius 2 is 1.74 bits per heavy atom. The third-order valence-electron chi connectivity index (χ3n) is 5.04. The number of methoxy groups -OCH3 is 1. The minimum absolute atomic E-state index is 0.282. The highest BCUT2D eigenvalue weighted by Crippen LogP contribution is 2.37. The first-order chi connectivity index (χ1) is 13.1. The second kappa shape index (κ2) is 6.94. The van der Waals surface area contributed by atoms with Gasteiger partial charge in [0.05, 0.1) is 24.6 Å². The van der Waals surface area contributed by atoms with Crippen molar-refractivity contribution in [2.24, 2.45) is 5.92 Å². The maximum atomic E-state index is 12.4. The summed E-state index contributed by atoms with van der Waals surface area (Å²) in [6, 6.07) is 15.7. The molecule has 0 radical (unpaired) electrons. The molecule has 2 saturated heterocycles. The summed E-state index contributed by atoms with van der Waals surface area (Å²) in [5.74, 6) is -1.51. The molecule has 0 aromatic heterocycles. The summed E-state index contributed by atoms with van der Waals surface area (Å²) >= 11 is 0. The zero-order chi connectivity index (χ0) is 19.0. The number of amides is 2. The van der Waals surface area contributed by atoms with Crippen molar-refractivity contribution in [1.29, 1.82) is 0 Å². The number of carbonyl (C=O) groups excluding carboxylic acids is 3. The molecule has 7 nitrogen and oxygen atoms in total. The van der Waals surface area contributed by atoms with Crippen LogP contribution in [0.2, 0.25) is 0 Å². The van der Waals surface area contributed by atoms with Gasteiger partial charge in [-0.25, -0.2) is 15.2 Å². The van der Waals surface area contributed by atoms with Crippen molar-refractivity contribution in [3.05, 3.63) is 71.3 Å². The van der Waals surface area contributed by atoms with E-state index in [0.717, 1.165) is 11.1 Å². The number of fused-ring (bicyclic) bond motifs is 1. The van der Waals surface area contributed by atoms with Gasteiger partial charge in [-0.15, -0.1) is 0 Å². The molecule has 2 aliphatic rings. The summed E-state index contributed by atoms with van der Waals surface area (Å²) < 4.78 is 4.71. The molecule has 2 fully saturated rings. The van der Waals surface area contributed by atoms with Crippen molar-refractivity contribution in [2.75, 3.05) is 7.11 Å². The number of hydrogen-bond donors (Lipinski definition) is 2. The number of hydrogen-bond acceptors (Lipinski definition) is 6. The lowest BCUT2D eigenvalue weighted by Crippen LogP contribution is -2.43. The summed E-state index contributed by atoms with van der Waals surface area (Å²) in [7, 11) is 1.33. The largest absolute Gasteiger partial charge is 0.465 e. The third-order valence-corrected chi connectivity index (χ3v) is 5.04. The van der Waals surface area contributed by atoms with Gasteiger partial charge >= 0.3 is 5.97 Å². The molecule has 2 heterocycles. The summed E-state index contributed by atoms with van der Waals surface area (Å²) in [4.78, 5) is 36.4. The molecule has 2 aromatic rings. The first-order valence-corrected chi connectivity index (χ1v) is 8.68. The fourth-order valence-electron chi connectivity index (χ4n) is 3.74. The number of imide groups is 1. The number of carbonyl (C=O) groups is 3. The van der Waals surface area contributed by atoms with E-state index in [2.05, 4.69) is 10.7 Å². The van der Waals surface area contributed by atoms with Gasteiger partial charge < -0.3 is 4.74 Å². The molecule has 0 bridgehead atoms. The van der Waals surface area contributed by atoms with Gasteiger partial charge in [-0.1, -0.05) is 42.5 Å². The van der Waals surface area contributed by atoms with Crippen molar-refractivity contribution >= 4 is 17.8 Å². The van der Waals surface area contributed by atoms with Crippen LogP contribution in [0.25, 0.3) is 0 Å². The van der Waals surface area contributed by atoms with Crippen LogP contribution < -0.4 is 10.7 Å². The number of nitrogens with one attached hydrogen (secondary N) is 2. The van der Waals surface area contributed by atoms with E-state index in [0.29, 0.717) is 12.1 Å². The van der Waals surface area contributed by atoms with Crippen molar-refractivity contribution < 1.29 is 19.1 Å². The molecule has 0 spiro atoms. The Bertz CT molecular complexity index is 882. The third kappa shape index (κ3) is 3.11. The fraction of sp³-hybridized carbons (Fsp3) is 0.250. The molecule has 0 aliphatic carbocycles. The Morgan fingerprint density at radius 1 is 1.04 bits per heavy atom. The van der Waals surface area contributed by atoms with Crippen molar-refractivity contribution in [2.45, 2.75) is 18.6 Å². The fourth-order valence-corrected chi connectivity index (χ4v) is 3.74. The van der Waals surface area contributed by atoms with Gasteiger partial charge in [-0.3, -0.25) is 14.9 Å². The average Bonchev–Trinajstić information content (AvgIpc) is 3.21. The lowest BCUT2D eigenvalue weighted by molar-refractivity contribution is -0.127. The SMILES string of the molecule is COC(=O)c1ccc([C@H]2NN(Cc3ccccc3)[C@H]3C(=O)NC(=O)[C@H]23)cc1. The predicted molar refractivity (Wildman–Crippen MR) is 96.1 cm³/mol. The zero-order valence-corrected chi connectivity index (χ0v) is 14.7. The molecular formula is C20H19N3O4. The normalized spacial score (nSPS) is 24.6. The second-order valence-corrected chi connectivity index (χ2v) is 6.66. The van der Waals surface area contributed by atoms with E-state index in [-0.39, 0.29) is 17.9 Å². The number of ether oxygens (including phenoxy) is 1. The van der Waals surface area contributed by atoms with Gasteiger partial charge in [0.15, 0.2) is 0 Å². The molecule has 27 heavy (non-hydrogen) atoms. The summed E-state index contributed by atoms with van der Waals surface area (Å²) in [5, 5.41) is 4.26. The summed E-state index contributed by atoms with van der Waals surface area (Å²) in [5.41, 5.74) is 5.62. The van der Waals surface area contributed by atoms with E-state index in [9.17, 15) is 14.4 Å². The lowest BCUT2D eigenvalue weighted by Gasteiger charge is -2.22. The standard InChI is InChI=1S/C20H19N3O4/c1-27-20(26)14-9-7-13(8-10-14)16-15-17(19(25)21-18(15)24)23(22-16)11-12-5-3-2-4-6-12/h2-10,15-17,22H,11H2,1H3,(H,21,24,25)/t15-,16-,17-/m1/s1. The highest BCUT2D eigenvalue weighted by molar-refractivity contribution is 6.07. The van der Waals surface area contributed by atoms with E-state index < -0.39 is 17.9 Å². The maximum Gasteiger partial charge on any atom is 0.337 e. The van der Waals surface area contributed by atoms with Crippen LogP contribution in [0.4, 0.5) is 0 Å². The molecule has 0 saturated carbocycles. The monoisotopic (exact) mass is 365 g/mol. The van der Waals surface area contributed by atoms with Crippen LogP contribution in [-0.4, -0.2) is 35.9 Å². The van der Waals surface area contributed by atoms with Crippen LogP contribution in [0.3, 0.4) is 0 Å². The Morgan fingerprint density at radius 3 is 2.41 bits per heavy atom. The highest BCUT2D eigenvalue weighted by Gasteiger charge is 2.54. The number of hydrazine groups is 1. The van der Waals surface area contributed by atoms with E-state index >= 15 is 0 Å². The Kier molecular flexibility index (Phi) is 4.47. The maximum absolute atomic E-state index is 12.4. The zero-order valence-electron chi connectivity index (χ0n) is 14.7. The number of benzene rings is 2. The van der Waals surface area contributed by atoms with Crippen LogP contribution in [0.5, 0.6) is 0 Å². The van der Waals surface area contributed by atoms with Gasteiger partial charge in [-0.2, -0.15) is 0 Å². The summed E-state index contributed by atoms with van der Waals surface area (Å²) in [6.07, 6.45) is 0. The number of nitrogens with zero attached hydrogens (tertiary/aromatic N) is 1. The molecule has 4 rings (SSSR count). The van der Waals surface area contributed by atoms with E-state index in [1.165, 1.54) is 7.11 Å². The van der Waals surface area contributed by atoms with Gasteiger partial charge in [0.2, 0.25) is 11.8 Å². The van der Waals surface area contributed by atoms with Crippen LogP contribution in [0.1, 0.15) is 27.5 Å². The second-order valence-electron chi connectivity index (χ2n) is 6.66. The molecular weight excluding hydrogens is 346 g/mol. The number of esters is 1. The van der Waals surface area contributed by atoms with Crippen LogP contribution >= 0.6 is 0 Å². The Balaban J connectivity index is 1.62. The number of rotatable bonds is 4. The van der Waals surface area contributed by atoms with E-state index in [1.807, 2.05) is 35.3 Å². The minimum atomic E-state index is -0.567. The van der Waals surface area contributed by atoms with Crippen molar-refractivity contribution in [3.63, 3.8) is 0 Å². The molecule has 2 N–H and O–H groups in total. The topological polar surface area (TPSA) is 87.7 Å². The van der Waals surface area contributed by atoms with Crippen molar-refractivity contribution in [3.8, 4) is 0 Å². The highest BCUT2D eigenvalue weighted by atomic mass is 16.5.